The van der Waals surface area contributed by atoms with Crippen LogP contribution in [0.5, 0.6) is 0 Å². The molecule has 0 amide bonds. The molecular formula is C23H23FN2O2. The summed E-state index contributed by atoms with van der Waals surface area (Å²) in [7, 11) is 0. The van der Waals surface area contributed by atoms with E-state index in [1.165, 1.54) is 12.1 Å². The quantitative estimate of drug-likeness (QED) is 0.741. The van der Waals surface area contributed by atoms with Crippen LogP contribution in [0.1, 0.15) is 18.0 Å². The van der Waals surface area contributed by atoms with Crippen LogP contribution < -0.4 is 5.56 Å². The van der Waals surface area contributed by atoms with E-state index in [2.05, 4.69) is 4.90 Å². The first kappa shape index (κ1) is 18.6. The van der Waals surface area contributed by atoms with Crippen LogP contribution in [0.3, 0.4) is 0 Å². The van der Waals surface area contributed by atoms with Gasteiger partial charge in [-0.2, -0.15) is 0 Å². The van der Waals surface area contributed by atoms with E-state index < -0.39 is 0 Å². The van der Waals surface area contributed by atoms with E-state index in [9.17, 15) is 14.3 Å². The summed E-state index contributed by atoms with van der Waals surface area (Å²) in [6.07, 6.45) is 2.25. The predicted octanol–water partition coefficient (Wildman–Crippen LogP) is 3.31. The fourth-order valence-corrected chi connectivity index (χ4v) is 3.86. The van der Waals surface area contributed by atoms with Gasteiger partial charge >= 0.3 is 0 Å². The van der Waals surface area contributed by atoms with Crippen molar-refractivity contribution in [3.63, 3.8) is 0 Å². The number of likely N-dealkylation sites (tertiary alicyclic amines) is 1. The van der Waals surface area contributed by atoms with Crippen LogP contribution in [-0.4, -0.2) is 40.3 Å². The molecule has 2 heterocycles. The number of aromatic nitrogens is 1. The average Bonchev–Trinajstić information content (AvgIpc) is 3.13. The minimum Gasteiger partial charge on any atom is -0.392 e. The Balaban J connectivity index is 1.75. The molecule has 1 fully saturated rings. The Kier molecular flexibility index (Phi) is 5.37. The van der Waals surface area contributed by atoms with Gasteiger partial charge in [0.2, 0.25) is 0 Å². The highest BCUT2D eigenvalue weighted by atomic mass is 19.1. The number of rotatable bonds is 5. The molecule has 1 saturated heterocycles. The summed E-state index contributed by atoms with van der Waals surface area (Å²) in [6.45, 7) is 2.08. The van der Waals surface area contributed by atoms with Crippen molar-refractivity contribution < 1.29 is 9.50 Å². The summed E-state index contributed by atoms with van der Waals surface area (Å²) in [4.78, 5) is 15.5. The Morgan fingerprint density at radius 2 is 1.79 bits per heavy atom. The zero-order chi connectivity index (χ0) is 19.5. The van der Waals surface area contributed by atoms with Crippen molar-refractivity contribution in [2.75, 3.05) is 19.6 Å². The van der Waals surface area contributed by atoms with Crippen LogP contribution in [-0.2, 0) is 0 Å². The first-order chi connectivity index (χ1) is 13.6. The number of aliphatic hydroxyl groups excluding tert-OH is 1. The van der Waals surface area contributed by atoms with Gasteiger partial charge in [-0.15, -0.1) is 0 Å². The third-order valence-corrected chi connectivity index (χ3v) is 5.33. The van der Waals surface area contributed by atoms with Gasteiger partial charge in [0.1, 0.15) is 5.82 Å². The molecule has 1 N–H and O–H groups in total. The molecule has 0 spiro atoms. The standard InChI is InChI=1S/C23H23FN2O2/c24-19-10-8-17(9-11-19)21-7-4-13-26(23(21)28)22(18-5-2-1-3-6-18)16-25-14-12-20(27)15-25/h1-11,13,20,22,27H,12,14-16H2. The van der Waals surface area contributed by atoms with Crippen molar-refractivity contribution in [1.82, 2.24) is 9.47 Å². The SMILES string of the molecule is O=c1c(-c2ccc(F)cc2)cccn1C(CN1CCC(O)C1)c1ccccc1. The molecule has 5 heteroatoms. The molecule has 144 valence electrons. The number of nitrogens with zero attached hydrogens (tertiary/aromatic N) is 2. The smallest absolute Gasteiger partial charge is 0.259 e. The van der Waals surface area contributed by atoms with E-state index in [-0.39, 0.29) is 23.5 Å². The summed E-state index contributed by atoms with van der Waals surface area (Å²) in [6, 6.07) is 19.4. The number of halogens is 1. The van der Waals surface area contributed by atoms with Gasteiger partial charge in [-0.05, 0) is 41.8 Å². The monoisotopic (exact) mass is 378 g/mol. The van der Waals surface area contributed by atoms with Gasteiger partial charge in [0.05, 0.1) is 12.1 Å². The van der Waals surface area contributed by atoms with Crippen molar-refractivity contribution in [2.45, 2.75) is 18.6 Å². The van der Waals surface area contributed by atoms with E-state index in [1.807, 2.05) is 36.4 Å². The van der Waals surface area contributed by atoms with Gasteiger partial charge in [-0.1, -0.05) is 42.5 Å². The number of β-amino-alcohol motifs (C(OH)–C–C–N with tert-alkyl or cyclic N) is 1. The fraction of sp³-hybridized carbons (Fsp3) is 0.261. The molecular weight excluding hydrogens is 355 g/mol. The lowest BCUT2D eigenvalue weighted by atomic mass is 10.0. The maximum Gasteiger partial charge on any atom is 0.259 e. The van der Waals surface area contributed by atoms with Crippen molar-refractivity contribution in [3.05, 3.63) is 94.7 Å². The number of hydrogen-bond donors (Lipinski definition) is 1. The highest BCUT2D eigenvalue weighted by Crippen LogP contribution is 2.23. The number of benzene rings is 2. The first-order valence-corrected chi connectivity index (χ1v) is 9.54. The molecule has 0 aliphatic carbocycles. The average molecular weight is 378 g/mol. The van der Waals surface area contributed by atoms with Crippen molar-refractivity contribution in [3.8, 4) is 11.1 Å². The second kappa shape index (κ2) is 8.09. The minimum absolute atomic E-state index is 0.109. The second-order valence-electron chi connectivity index (χ2n) is 7.27. The molecule has 2 atom stereocenters. The van der Waals surface area contributed by atoms with Gasteiger partial charge in [-0.25, -0.2) is 4.39 Å². The zero-order valence-corrected chi connectivity index (χ0v) is 15.5. The first-order valence-electron chi connectivity index (χ1n) is 9.54. The molecule has 1 aliphatic heterocycles. The number of aliphatic hydroxyl groups is 1. The van der Waals surface area contributed by atoms with Gasteiger partial charge < -0.3 is 9.67 Å². The lowest BCUT2D eigenvalue weighted by Crippen LogP contribution is -2.35. The summed E-state index contributed by atoms with van der Waals surface area (Å²) in [5, 5.41) is 9.88. The van der Waals surface area contributed by atoms with Crippen LogP contribution >= 0.6 is 0 Å². The molecule has 4 rings (SSSR count). The summed E-state index contributed by atoms with van der Waals surface area (Å²) >= 11 is 0. The summed E-state index contributed by atoms with van der Waals surface area (Å²) in [5.41, 5.74) is 2.18. The van der Waals surface area contributed by atoms with Gasteiger partial charge in [0.15, 0.2) is 0 Å². The molecule has 1 aliphatic rings. The molecule has 0 radical (unpaired) electrons. The molecule has 3 aromatic rings. The predicted molar refractivity (Wildman–Crippen MR) is 108 cm³/mol. The zero-order valence-electron chi connectivity index (χ0n) is 15.5. The summed E-state index contributed by atoms with van der Waals surface area (Å²) in [5.74, 6) is -0.324. The van der Waals surface area contributed by atoms with Gasteiger partial charge in [-0.3, -0.25) is 9.69 Å². The van der Waals surface area contributed by atoms with E-state index in [1.54, 1.807) is 29.0 Å². The molecule has 4 nitrogen and oxygen atoms in total. The molecule has 28 heavy (non-hydrogen) atoms. The Labute approximate surface area is 163 Å². The van der Waals surface area contributed by atoms with Gasteiger partial charge in [0.25, 0.3) is 5.56 Å². The Hall–Kier alpha value is -2.76. The van der Waals surface area contributed by atoms with Crippen LogP contribution in [0, 0.1) is 5.82 Å². The van der Waals surface area contributed by atoms with E-state index in [0.29, 0.717) is 24.2 Å². The highest BCUT2D eigenvalue weighted by molar-refractivity contribution is 5.62. The Bertz CT molecular complexity index is 985. The normalized spacial score (nSPS) is 18.3. The van der Waals surface area contributed by atoms with Crippen LogP contribution in [0.4, 0.5) is 4.39 Å². The second-order valence-corrected chi connectivity index (χ2v) is 7.27. The molecule has 2 unspecified atom stereocenters. The third-order valence-electron chi connectivity index (χ3n) is 5.33. The van der Waals surface area contributed by atoms with Crippen molar-refractivity contribution in [1.29, 1.82) is 0 Å². The third kappa shape index (κ3) is 3.91. The lowest BCUT2D eigenvalue weighted by Gasteiger charge is -2.26. The molecule has 0 saturated carbocycles. The summed E-state index contributed by atoms with van der Waals surface area (Å²) < 4.78 is 15.0. The van der Waals surface area contributed by atoms with Crippen molar-refractivity contribution in [2.24, 2.45) is 0 Å². The number of pyridine rings is 1. The van der Waals surface area contributed by atoms with Gasteiger partial charge in [0, 0.05) is 31.4 Å². The Morgan fingerprint density at radius 1 is 1.04 bits per heavy atom. The van der Waals surface area contributed by atoms with E-state index in [0.717, 1.165) is 18.5 Å². The highest BCUT2D eigenvalue weighted by Gasteiger charge is 2.25. The van der Waals surface area contributed by atoms with Crippen LogP contribution in [0.15, 0.2) is 77.7 Å². The van der Waals surface area contributed by atoms with Crippen molar-refractivity contribution >= 4 is 0 Å². The fourth-order valence-electron chi connectivity index (χ4n) is 3.86. The van der Waals surface area contributed by atoms with Crippen LogP contribution in [0.25, 0.3) is 11.1 Å². The molecule has 1 aromatic heterocycles. The minimum atomic E-state index is -0.324. The maximum absolute atomic E-state index is 13.3. The lowest BCUT2D eigenvalue weighted by molar-refractivity contribution is 0.172. The maximum atomic E-state index is 13.3. The van der Waals surface area contributed by atoms with E-state index in [4.69, 9.17) is 0 Å². The molecule has 2 aromatic carbocycles. The largest absolute Gasteiger partial charge is 0.392 e. The topological polar surface area (TPSA) is 45.5 Å². The van der Waals surface area contributed by atoms with E-state index >= 15 is 0 Å². The molecule has 0 bridgehead atoms. The number of hydrogen-bond acceptors (Lipinski definition) is 3. The Morgan fingerprint density at radius 3 is 2.46 bits per heavy atom. The van der Waals surface area contributed by atoms with Crippen LogP contribution in [0.2, 0.25) is 0 Å².